The Morgan fingerprint density at radius 3 is 2.73 bits per heavy atom. The van der Waals surface area contributed by atoms with Gasteiger partial charge in [-0.25, -0.2) is 23.4 Å². The summed E-state index contributed by atoms with van der Waals surface area (Å²) in [5, 5.41) is 0.00111. The van der Waals surface area contributed by atoms with Crippen molar-refractivity contribution in [3.8, 4) is 5.95 Å². The van der Waals surface area contributed by atoms with E-state index in [1.54, 1.807) is 12.4 Å². The van der Waals surface area contributed by atoms with Crippen LogP contribution in [-0.2, 0) is 9.84 Å². The van der Waals surface area contributed by atoms with Gasteiger partial charge >= 0.3 is 0 Å². The standard InChI is InChI=1S/C8H8N4O2S/c1-15(13,14)7-2-3-10-8(11-7)12-5-4-9-6-12/h2-6H,1H3. The van der Waals surface area contributed by atoms with Gasteiger partial charge in [-0.05, 0) is 6.07 Å². The molecule has 6 nitrogen and oxygen atoms in total. The highest BCUT2D eigenvalue weighted by molar-refractivity contribution is 7.90. The van der Waals surface area contributed by atoms with E-state index in [4.69, 9.17) is 0 Å². The molecule has 2 heterocycles. The second kappa shape index (κ2) is 3.43. The summed E-state index contributed by atoms with van der Waals surface area (Å²) in [5.74, 6) is 0.287. The Balaban J connectivity index is 2.53. The van der Waals surface area contributed by atoms with Crippen LogP contribution < -0.4 is 0 Å². The molecule has 15 heavy (non-hydrogen) atoms. The topological polar surface area (TPSA) is 77.7 Å². The highest BCUT2D eigenvalue weighted by atomic mass is 32.2. The Hall–Kier alpha value is -1.76. The van der Waals surface area contributed by atoms with E-state index in [-0.39, 0.29) is 11.0 Å². The number of rotatable bonds is 2. The van der Waals surface area contributed by atoms with Crippen LogP contribution in [0.25, 0.3) is 5.95 Å². The molecule has 2 rings (SSSR count). The van der Waals surface area contributed by atoms with Crippen LogP contribution in [0.1, 0.15) is 0 Å². The number of imidazole rings is 1. The lowest BCUT2D eigenvalue weighted by Crippen LogP contribution is -2.05. The molecule has 0 aromatic carbocycles. The summed E-state index contributed by atoms with van der Waals surface area (Å²) in [6.07, 6.45) is 7.21. The summed E-state index contributed by atoms with van der Waals surface area (Å²) in [4.78, 5) is 11.7. The Bertz CT molecular complexity index is 562. The largest absolute Gasteiger partial charge is 0.274 e. The van der Waals surface area contributed by atoms with Gasteiger partial charge in [-0.2, -0.15) is 0 Å². The zero-order valence-corrected chi connectivity index (χ0v) is 8.72. The maximum atomic E-state index is 11.2. The van der Waals surface area contributed by atoms with Crippen molar-refractivity contribution in [3.05, 3.63) is 31.0 Å². The molecule has 0 N–H and O–H groups in total. The third kappa shape index (κ3) is 2.01. The predicted octanol–water partition coefficient (Wildman–Crippen LogP) is 0.0658. The Labute approximate surface area is 86.6 Å². The van der Waals surface area contributed by atoms with Gasteiger partial charge in [0.25, 0.3) is 0 Å². The molecule has 0 amide bonds. The van der Waals surface area contributed by atoms with Gasteiger partial charge in [0.2, 0.25) is 5.95 Å². The second-order valence-corrected chi connectivity index (χ2v) is 4.90. The molecule has 2 aromatic heterocycles. The molecule has 0 saturated carbocycles. The molecule has 0 spiro atoms. The average Bonchev–Trinajstić information content (AvgIpc) is 2.69. The van der Waals surface area contributed by atoms with E-state index < -0.39 is 9.84 Å². The van der Waals surface area contributed by atoms with Crippen molar-refractivity contribution in [1.29, 1.82) is 0 Å². The number of sulfone groups is 1. The summed E-state index contributed by atoms with van der Waals surface area (Å²) in [5.41, 5.74) is 0. The molecular weight excluding hydrogens is 216 g/mol. The SMILES string of the molecule is CS(=O)(=O)c1ccnc(-n2ccnc2)n1. The van der Waals surface area contributed by atoms with Crippen molar-refractivity contribution in [2.45, 2.75) is 5.03 Å². The van der Waals surface area contributed by atoms with E-state index in [1.165, 1.54) is 23.2 Å². The highest BCUT2D eigenvalue weighted by Gasteiger charge is 2.10. The zero-order valence-electron chi connectivity index (χ0n) is 7.90. The highest BCUT2D eigenvalue weighted by Crippen LogP contribution is 2.06. The summed E-state index contributed by atoms with van der Waals surface area (Å²) in [7, 11) is -3.30. The third-order valence-corrected chi connectivity index (χ3v) is 2.72. The van der Waals surface area contributed by atoms with Gasteiger partial charge in [-0.1, -0.05) is 0 Å². The van der Waals surface area contributed by atoms with E-state index in [9.17, 15) is 8.42 Å². The molecule has 78 valence electrons. The predicted molar refractivity (Wildman–Crippen MR) is 52.3 cm³/mol. The van der Waals surface area contributed by atoms with Crippen molar-refractivity contribution in [2.24, 2.45) is 0 Å². The summed E-state index contributed by atoms with van der Waals surface area (Å²) in [6.45, 7) is 0. The average molecular weight is 224 g/mol. The molecule has 7 heteroatoms. The molecule has 0 saturated heterocycles. The summed E-state index contributed by atoms with van der Waals surface area (Å²) >= 11 is 0. The van der Waals surface area contributed by atoms with Gasteiger partial charge in [0, 0.05) is 24.8 Å². The van der Waals surface area contributed by atoms with Crippen molar-refractivity contribution in [2.75, 3.05) is 6.26 Å². The maximum Gasteiger partial charge on any atom is 0.236 e. The Morgan fingerprint density at radius 2 is 2.13 bits per heavy atom. The van der Waals surface area contributed by atoms with Crippen LogP contribution in [0.3, 0.4) is 0 Å². The third-order valence-electron chi connectivity index (χ3n) is 1.73. The smallest absolute Gasteiger partial charge is 0.236 e. The zero-order chi connectivity index (χ0) is 10.9. The Kier molecular flexibility index (Phi) is 2.24. The fourth-order valence-electron chi connectivity index (χ4n) is 1.04. The van der Waals surface area contributed by atoms with Gasteiger partial charge < -0.3 is 0 Å². The number of hydrogen-bond donors (Lipinski definition) is 0. The lowest BCUT2D eigenvalue weighted by atomic mass is 10.6. The minimum atomic E-state index is -3.30. The first kappa shape index (κ1) is 9.78. The Morgan fingerprint density at radius 1 is 1.33 bits per heavy atom. The van der Waals surface area contributed by atoms with Crippen LogP contribution >= 0.6 is 0 Å². The van der Waals surface area contributed by atoms with Gasteiger partial charge in [-0.15, -0.1) is 0 Å². The van der Waals surface area contributed by atoms with Crippen LogP contribution in [-0.4, -0.2) is 34.2 Å². The van der Waals surface area contributed by atoms with E-state index in [1.807, 2.05) is 0 Å². The van der Waals surface area contributed by atoms with Gasteiger partial charge in [0.15, 0.2) is 14.9 Å². The molecule has 0 unspecified atom stereocenters. The molecule has 2 aromatic rings. The van der Waals surface area contributed by atoms with Crippen LogP contribution in [0.5, 0.6) is 0 Å². The minimum Gasteiger partial charge on any atom is -0.274 e. The van der Waals surface area contributed by atoms with Crippen molar-refractivity contribution in [3.63, 3.8) is 0 Å². The number of aromatic nitrogens is 4. The van der Waals surface area contributed by atoms with Crippen LogP contribution in [0.4, 0.5) is 0 Å². The number of hydrogen-bond acceptors (Lipinski definition) is 5. The lowest BCUT2D eigenvalue weighted by molar-refractivity contribution is 0.597. The van der Waals surface area contributed by atoms with Gasteiger partial charge in [0.1, 0.15) is 6.33 Å². The van der Waals surface area contributed by atoms with E-state index in [0.29, 0.717) is 0 Å². The van der Waals surface area contributed by atoms with Crippen molar-refractivity contribution < 1.29 is 8.42 Å². The quantitative estimate of drug-likeness (QED) is 0.674. The lowest BCUT2D eigenvalue weighted by Gasteiger charge is -2.01. The normalized spacial score (nSPS) is 11.5. The fraction of sp³-hybridized carbons (Fsp3) is 0.125. The maximum absolute atomic E-state index is 11.2. The van der Waals surface area contributed by atoms with Gasteiger partial charge in [-0.3, -0.25) is 4.57 Å². The first-order valence-electron chi connectivity index (χ1n) is 4.09. The van der Waals surface area contributed by atoms with E-state index >= 15 is 0 Å². The van der Waals surface area contributed by atoms with Crippen LogP contribution in [0.15, 0.2) is 36.0 Å². The molecule has 0 aliphatic heterocycles. The van der Waals surface area contributed by atoms with Crippen molar-refractivity contribution >= 4 is 9.84 Å². The molecule has 0 aliphatic carbocycles. The molecular formula is C8H8N4O2S. The summed E-state index contributed by atoms with van der Waals surface area (Å²) < 4.78 is 24.0. The molecule has 0 radical (unpaired) electrons. The molecule has 0 fully saturated rings. The first-order chi connectivity index (χ1) is 7.07. The monoisotopic (exact) mass is 224 g/mol. The first-order valence-corrected chi connectivity index (χ1v) is 5.98. The van der Waals surface area contributed by atoms with Crippen LogP contribution in [0.2, 0.25) is 0 Å². The minimum absolute atomic E-state index is 0.00111. The molecule has 0 bridgehead atoms. The van der Waals surface area contributed by atoms with Crippen molar-refractivity contribution in [1.82, 2.24) is 19.5 Å². The summed E-state index contributed by atoms with van der Waals surface area (Å²) in [6, 6.07) is 1.36. The van der Waals surface area contributed by atoms with Gasteiger partial charge in [0.05, 0.1) is 0 Å². The fourth-order valence-corrected chi connectivity index (χ4v) is 1.60. The van der Waals surface area contributed by atoms with E-state index in [2.05, 4.69) is 15.0 Å². The number of nitrogens with zero attached hydrogens (tertiary/aromatic N) is 4. The van der Waals surface area contributed by atoms with E-state index in [0.717, 1.165) is 6.26 Å². The van der Waals surface area contributed by atoms with Crippen LogP contribution in [0, 0.1) is 0 Å². The molecule has 0 aliphatic rings. The second-order valence-electron chi connectivity index (χ2n) is 2.94. The molecule has 0 atom stereocenters.